The van der Waals surface area contributed by atoms with E-state index in [2.05, 4.69) is 15.4 Å². The van der Waals surface area contributed by atoms with Crippen LogP contribution in [0.3, 0.4) is 0 Å². The quantitative estimate of drug-likeness (QED) is 0.325. The molecular weight excluding hydrogens is 520 g/mol. The maximum absolute atomic E-state index is 13.6. The van der Waals surface area contributed by atoms with E-state index in [4.69, 9.17) is 4.74 Å². The lowest BCUT2D eigenvalue weighted by Gasteiger charge is -2.31. The molecule has 0 radical (unpaired) electrons. The first kappa shape index (κ1) is 28.9. The zero-order valence-electron chi connectivity index (χ0n) is 22.7. The summed E-state index contributed by atoms with van der Waals surface area (Å²) in [6.07, 6.45) is 5.01. The Labute approximate surface area is 229 Å². The second-order valence-corrected chi connectivity index (χ2v) is 12.1. The van der Waals surface area contributed by atoms with Gasteiger partial charge in [0.2, 0.25) is 5.91 Å². The van der Waals surface area contributed by atoms with Crippen molar-refractivity contribution in [1.29, 1.82) is 0 Å². The molecule has 1 aliphatic heterocycles. The van der Waals surface area contributed by atoms with Crippen molar-refractivity contribution in [2.75, 3.05) is 19.7 Å². The van der Waals surface area contributed by atoms with Gasteiger partial charge in [0, 0.05) is 44.8 Å². The second-order valence-electron chi connectivity index (χ2n) is 10.3. The van der Waals surface area contributed by atoms with Crippen molar-refractivity contribution in [3.8, 4) is 0 Å². The van der Waals surface area contributed by atoms with Gasteiger partial charge in [-0.05, 0) is 37.8 Å². The molecule has 0 aliphatic carbocycles. The number of carbonyl (C=O) groups is 1. The van der Waals surface area contributed by atoms with E-state index in [0.29, 0.717) is 19.6 Å². The third-order valence-electron chi connectivity index (χ3n) is 7.02. The fourth-order valence-corrected chi connectivity index (χ4v) is 6.14. The number of aromatic nitrogens is 4. The zero-order valence-corrected chi connectivity index (χ0v) is 23.5. The maximum atomic E-state index is 13.6. The third-order valence-corrected chi connectivity index (χ3v) is 8.74. The van der Waals surface area contributed by atoms with Crippen LogP contribution in [-0.2, 0) is 39.6 Å². The molecule has 1 saturated heterocycles. The number of nitrogens with one attached hydrogen (secondary N) is 1. The predicted octanol–water partition coefficient (Wildman–Crippen LogP) is 1.52. The Morgan fingerprint density at radius 3 is 2.67 bits per heavy atom. The average Bonchev–Trinajstić information content (AvgIpc) is 3.67. The molecule has 2 N–H and O–H groups in total. The van der Waals surface area contributed by atoms with Crippen molar-refractivity contribution in [1.82, 2.24) is 29.0 Å². The van der Waals surface area contributed by atoms with Crippen molar-refractivity contribution >= 4 is 15.9 Å². The highest BCUT2D eigenvalue weighted by Gasteiger charge is 2.35. The smallest absolute Gasteiger partial charge is 0.262 e. The minimum atomic E-state index is -4.02. The highest BCUT2D eigenvalue weighted by atomic mass is 32.2. The van der Waals surface area contributed by atoms with Gasteiger partial charge in [-0.1, -0.05) is 37.3 Å². The number of ether oxygens (including phenoxy) is 1. The van der Waals surface area contributed by atoms with Gasteiger partial charge in [0.1, 0.15) is 0 Å². The largest absolute Gasteiger partial charge is 0.390 e. The number of carbonyl (C=O) groups excluding carboxylic acids is 1. The van der Waals surface area contributed by atoms with E-state index in [1.165, 1.54) is 16.8 Å². The summed E-state index contributed by atoms with van der Waals surface area (Å²) in [6.45, 7) is 4.56. The first-order chi connectivity index (χ1) is 18.6. The predicted molar refractivity (Wildman–Crippen MR) is 145 cm³/mol. The number of aliphatic hydroxyl groups is 1. The average molecular weight is 559 g/mol. The monoisotopic (exact) mass is 558 g/mol. The molecule has 1 amide bonds. The number of aliphatic hydroxyl groups excluding tert-OH is 1. The summed E-state index contributed by atoms with van der Waals surface area (Å²) in [6, 6.07) is 10.6. The van der Waals surface area contributed by atoms with Crippen molar-refractivity contribution in [3.05, 3.63) is 66.4 Å². The van der Waals surface area contributed by atoms with E-state index in [1.54, 1.807) is 29.4 Å². The Kier molecular flexibility index (Phi) is 9.54. The molecule has 3 aromatic rings. The molecule has 212 valence electrons. The van der Waals surface area contributed by atoms with Crippen LogP contribution in [-0.4, -0.2) is 81.0 Å². The van der Waals surface area contributed by atoms with Gasteiger partial charge in [0.05, 0.1) is 37.0 Å². The maximum Gasteiger partial charge on any atom is 0.262 e. The van der Waals surface area contributed by atoms with Gasteiger partial charge in [-0.25, -0.2) is 13.4 Å². The molecule has 1 fully saturated rings. The molecule has 0 saturated carbocycles. The normalized spacial score (nSPS) is 18.2. The highest BCUT2D eigenvalue weighted by Crippen LogP contribution is 2.21. The summed E-state index contributed by atoms with van der Waals surface area (Å²) < 4.78 is 37.4. The topological polar surface area (TPSA) is 132 Å². The summed E-state index contributed by atoms with van der Waals surface area (Å²) in [4.78, 5) is 17.3. The Morgan fingerprint density at radius 1 is 1.28 bits per heavy atom. The summed E-state index contributed by atoms with van der Waals surface area (Å²) >= 11 is 0. The molecule has 4 atom stereocenters. The van der Waals surface area contributed by atoms with Crippen molar-refractivity contribution in [2.24, 2.45) is 13.0 Å². The molecule has 3 heterocycles. The standard InChI is InChI=1S/C27H38N6O5S/c1-20(15-33-21(2)11-12-29-33)27(35)30-24(14-22-8-5-4-6-9-22)25(34)17-32(16-23-10-7-13-38-23)39(36,37)26-18-31(3)19-28-26/h4-6,8-9,11-12,18-20,23-25,34H,7,10,13-17H2,1-3H3,(H,30,35). The zero-order chi connectivity index (χ0) is 28.0. The third kappa shape index (κ3) is 7.53. The number of benzene rings is 1. The van der Waals surface area contributed by atoms with Crippen LogP contribution in [0.25, 0.3) is 0 Å². The lowest BCUT2D eigenvalue weighted by atomic mass is 9.99. The number of nitrogens with zero attached hydrogens (tertiary/aromatic N) is 5. The molecule has 0 spiro atoms. The van der Waals surface area contributed by atoms with E-state index in [-0.39, 0.29) is 30.1 Å². The van der Waals surface area contributed by atoms with Crippen molar-refractivity contribution < 1.29 is 23.1 Å². The Morgan fingerprint density at radius 2 is 2.05 bits per heavy atom. The van der Waals surface area contributed by atoms with Gasteiger partial charge >= 0.3 is 0 Å². The van der Waals surface area contributed by atoms with E-state index in [1.807, 2.05) is 43.3 Å². The number of rotatable bonds is 13. The van der Waals surface area contributed by atoms with Crippen LogP contribution in [0.1, 0.15) is 31.0 Å². The van der Waals surface area contributed by atoms with Crippen molar-refractivity contribution in [2.45, 2.75) is 62.9 Å². The van der Waals surface area contributed by atoms with Crippen LogP contribution in [0.5, 0.6) is 0 Å². The SMILES string of the molecule is Cc1ccnn1CC(C)C(=O)NC(Cc1ccccc1)C(O)CN(CC1CCCO1)S(=O)(=O)c1cn(C)cn1. The second kappa shape index (κ2) is 12.9. The molecule has 1 aromatic carbocycles. The first-order valence-electron chi connectivity index (χ1n) is 13.2. The first-order valence-corrected chi connectivity index (χ1v) is 14.7. The van der Waals surface area contributed by atoms with Gasteiger partial charge in [-0.3, -0.25) is 9.48 Å². The minimum absolute atomic E-state index is 0.0942. The van der Waals surface area contributed by atoms with Gasteiger partial charge in [0.15, 0.2) is 5.03 Å². The van der Waals surface area contributed by atoms with E-state index in [9.17, 15) is 18.3 Å². The van der Waals surface area contributed by atoms with E-state index in [0.717, 1.165) is 24.1 Å². The molecule has 4 unspecified atom stereocenters. The molecule has 39 heavy (non-hydrogen) atoms. The van der Waals surface area contributed by atoms with Crippen LogP contribution in [0.4, 0.5) is 0 Å². The fourth-order valence-electron chi connectivity index (χ4n) is 4.68. The molecule has 1 aliphatic rings. The van der Waals surface area contributed by atoms with Crippen LogP contribution in [0, 0.1) is 12.8 Å². The molecular formula is C27H38N6O5S. The lowest BCUT2D eigenvalue weighted by Crippen LogP contribution is -2.52. The van der Waals surface area contributed by atoms with Gasteiger partial charge in [-0.15, -0.1) is 0 Å². The lowest BCUT2D eigenvalue weighted by molar-refractivity contribution is -0.126. The van der Waals surface area contributed by atoms with Crippen LogP contribution < -0.4 is 5.32 Å². The molecule has 4 rings (SSSR count). The summed E-state index contributed by atoms with van der Waals surface area (Å²) in [5, 5.41) is 18.6. The number of hydrogen-bond donors (Lipinski definition) is 2. The van der Waals surface area contributed by atoms with Gasteiger partial charge in [0.25, 0.3) is 10.0 Å². The Bertz CT molecular complexity index is 1320. The summed E-state index contributed by atoms with van der Waals surface area (Å²) in [5.74, 6) is -0.669. The molecule has 0 bridgehead atoms. The van der Waals surface area contributed by atoms with Gasteiger partial charge < -0.3 is 19.7 Å². The number of hydrogen-bond acceptors (Lipinski definition) is 7. The van der Waals surface area contributed by atoms with Gasteiger partial charge in [-0.2, -0.15) is 9.40 Å². The highest BCUT2D eigenvalue weighted by molar-refractivity contribution is 7.89. The molecule has 2 aromatic heterocycles. The van der Waals surface area contributed by atoms with Crippen LogP contribution in [0.15, 0.2) is 60.1 Å². The number of sulfonamides is 1. The summed E-state index contributed by atoms with van der Waals surface area (Å²) in [5.41, 5.74) is 1.86. The van der Waals surface area contributed by atoms with E-state index >= 15 is 0 Å². The van der Waals surface area contributed by atoms with Crippen molar-refractivity contribution in [3.63, 3.8) is 0 Å². The fraction of sp³-hybridized carbons (Fsp3) is 0.519. The number of amides is 1. The Balaban J connectivity index is 1.54. The van der Waals surface area contributed by atoms with E-state index < -0.39 is 28.1 Å². The number of imidazole rings is 1. The minimum Gasteiger partial charge on any atom is -0.390 e. The molecule has 11 nitrogen and oxygen atoms in total. The summed E-state index contributed by atoms with van der Waals surface area (Å²) in [7, 11) is -2.32. The van der Waals surface area contributed by atoms with Crippen LogP contribution >= 0.6 is 0 Å². The van der Waals surface area contributed by atoms with Crippen LogP contribution in [0.2, 0.25) is 0 Å². The molecule has 12 heteroatoms. The Hall–Kier alpha value is -3.06. The number of aryl methyl sites for hydroxylation is 2.